The first-order valence-corrected chi connectivity index (χ1v) is 9.76. The fourth-order valence-electron chi connectivity index (χ4n) is 2.53. The van der Waals surface area contributed by atoms with Gasteiger partial charge in [0.2, 0.25) is 5.91 Å². The molecular weight excluding hydrogens is 391 g/mol. The number of halogens is 1. The van der Waals surface area contributed by atoms with E-state index < -0.39 is 5.82 Å². The second-order valence-corrected chi connectivity index (χ2v) is 7.08. The Balaban J connectivity index is 1.58. The highest BCUT2D eigenvalue weighted by molar-refractivity contribution is 8.00. The van der Waals surface area contributed by atoms with Gasteiger partial charge < -0.3 is 15.4 Å². The number of hydrogen-bond acceptors (Lipinski definition) is 4. The smallest absolute Gasteiger partial charge is 0.255 e. The van der Waals surface area contributed by atoms with Gasteiger partial charge in [-0.3, -0.25) is 9.59 Å². The van der Waals surface area contributed by atoms with Crippen molar-refractivity contribution in [3.05, 3.63) is 84.2 Å². The maximum Gasteiger partial charge on any atom is 0.255 e. The van der Waals surface area contributed by atoms with Gasteiger partial charge in [-0.1, -0.05) is 24.3 Å². The minimum Gasteiger partial charge on any atom is -0.497 e. The maximum atomic E-state index is 13.6. The zero-order chi connectivity index (χ0) is 20.6. The van der Waals surface area contributed by atoms with E-state index in [1.54, 1.807) is 61.7 Å². The van der Waals surface area contributed by atoms with Gasteiger partial charge in [0.25, 0.3) is 5.91 Å². The summed E-state index contributed by atoms with van der Waals surface area (Å²) in [4.78, 5) is 25.3. The van der Waals surface area contributed by atoms with Crippen molar-refractivity contribution >= 4 is 35.0 Å². The van der Waals surface area contributed by atoms with Gasteiger partial charge in [-0.25, -0.2) is 4.39 Å². The summed E-state index contributed by atoms with van der Waals surface area (Å²) in [5.74, 6) is -0.341. The van der Waals surface area contributed by atoms with E-state index in [4.69, 9.17) is 4.74 Å². The second kappa shape index (κ2) is 9.75. The number of ether oxygens (including phenoxy) is 1. The lowest BCUT2D eigenvalue weighted by atomic mass is 10.2. The summed E-state index contributed by atoms with van der Waals surface area (Å²) in [5, 5.41) is 5.37. The van der Waals surface area contributed by atoms with E-state index in [-0.39, 0.29) is 23.3 Å². The molecule has 0 aromatic heterocycles. The molecule has 0 saturated heterocycles. The summed E-state index contributed by atoms with van der Waals surface area (Å²) in [7, 11) is 1.54. The molecule has 2 N–H and O–H groups in total. The number of anilines is 2. The van der Waals surface area contributed by atoms with Crippen LogP contribution in [0.5, 0.6) is 5.75 Å². The second-order valence-electron chi connectivity index (χ2n) is 6.03. The van der Waals surface area contributed by atoms with Crippen molar-refractivity contribution in [2.24, 2.45) is 0 Å². The van der Waals surface area contributed by atoms with E-state index in [1.807, 2.05) is 6.07 Å². The quantitative estimate of drug-likeness (QED) is 0.548. The highest BCUT2D eigenvalue weighted by atomic mass is 32.2. The summed E-state index contributed by atoms with van der Waals surface area (Å²) < 4.78 is 18.7. The van der Waals surface area contributed by atoms with Gasteiger partial charge in [0.15, 0.2) is 0 Å². The average Bonchev–Trinajstić information content (AvgIpc) is 2.74. The van der Waals surface area contributed by atoms with Crippen molar-refractivity contribution in [1.82, 2.24) is 0 Å². The minimum atomic E-state index is -0.479. The van der Waals surface area contributed by atoms with Gasteiger partial charge >= 0.3 is 0 Å². The van der Waals surface area contributed by atoms with Crippen LogP contribution in [0, 0.1) is 5.82 Å². The Morgan fingerprint density at radius 3 is 2.55 bits per heavy atom. The summed E-state index contributed by atoms with van der Waals surface area (Å²) in [5.41, 5.74) is 1.24. The molecule has 0 unspecified atom stereocenters. The lowest BCUT2D eigenvalue weighted by molar-refractivity contribution is -0.113. The lowest BCUT2D eigenvalue weighted by Crippen LogP contribution is -2.15. The first-order chi connectivity index (χ1) is 14.0. The summed E-state index contributed by atoms with van der Waals surface area (Å²) in [6.45, 7) is 0. The van der Waals surface area contributed by atoms with Crippen molar-refractivity contribution in [2.45, 2.75) is 4.90 Å². The van der Waals surface area contributed by atoms with Crippen LogP contribution in [0.1, 0.15) is 10.4 Å². The number of methoxy groups -OCH3 is 1. The molecule has 0 fully saturated rings. The average molecular weight is 410 g/mol. The Bertz CT molecular complexity index is 1030. The predicted octanol–water partition coefficient (Wildman–Crippen LogP) is 4.82. The number of hydrogen-bond donors (Lipinski definition) is 2. The van der Waals surface area contributed by atoms with Gasteiger partial charge in [-0.2, -0.15) is 0 Å². The fourth-order valence-corrected chi connectivity index (χ4v) is 3.28. The molecule has 0 aliphatic carbocycles. The number of nitrogens with one attached hydrogen (secondary N) is 2. The molecule has 0 spiro atoms. The van der Waals surface area contributed by atoms with Gasteiger partial charge in [0.05, 0.1) is 18.6 Å². The number of para-hydroxylation sites is 1. The summed E-state index contributed by atoms with van der Waals surface area (Å²) in [6.07, 6.45) is 0. The van der Waals surface area contributed by atoms with Crippen LogP contribution in [0.25, 0.3) is 0 Å². The molecular formula is C22H19FN2O3S. The van der Waals surface area contributed by atoms with Gasteiger partial charge in [-0.15, -0.1) is 11.8 Å². The predicted molar refractivity (Wildman–Crippen MR) is 113 cm³/mol. The number of carbonyl (C=O) groups excluding carboxylic acids is 2. The molecule has 0 atom stereocenters. The molecule has 148 valence electrons. The maximum absolute atomic E-state index is 13.6. The first-order valence-electron chi connectivity index (χ1n) is 8.78. The number of carbonyl (C=O) groups is 2. The molecule has 7 heteroatoms. The summed E-state index contributed by atoms with van der Waals surface area (Å²) in [6, 6.07) is 20.0. The Morgan fingerprint density at radius 1 is 0.966 bits per heavy atom. The molecule has 0 heterocycles. The van der Waals surface area contributed by atoms with Gasteiger partial charge in [-0.05, 0) is 48.5 Å². The minimum absolute atomic E-state index is 0.113. The highest BCUT2D eigenvalue weighted by Crippen LogP contribution is 2.23. The van der Waals surface area contributed by atoms with E-state index in [1.165, 1.54) is 23.9 Å². The van der Waals surface area contributed by atoms with Crippen molar-refractivity contribution < 1.29 is 18.7 Å². The summed E-state index contributed by atoms with van der Waals surface area (Å²) >= 11 is 1.29. The molecule has 5 nitrogen and oxygen atoms in total. The van der Waals surface area contributed by atoms with E-state index in [2.05, 4.69) is 10.6 Å². The van der Waals surface area contributed by atoms with Gasteiger partial charge in [0, 0.05) is 16.1 Å². The van der Waals surface area contributed by atoms with Crippen LogP contribution in [0.3, 0.4) is 0 Å². The van der Waals surface area contributed by atoms with Gasteiger partial charge in [0.1, 0.15) is 11.6 Å². The van der Waals surface area contributed by atoms with Crippen molar-refractivity contribution in [3.8, 4) is 5.75 Å². The van der Waals surface area contributed by atoms with Crippen LogP contribution >= 0.6 is 11.8 Å². The Hall–Kier alpha value is -3.32. The number of benzene rings is 3. The first kappa shape index (κ1) is 20.4. The van der Waals surface area contributed by atoms with E-state index >= 15 is 0 Å². The number of rotatable bonds is 7. The van der Waals surface area contributed by atoms with Crippen LogP contribution in [-0.2, 0) is 4.79 Å². The van der Waals surface area contributed by atoms with Crippen LogP contribution in [0.2, 0.25) is 0 Å². The standard InChI is InChI=1S/C22H19FN2O3S/c1-28-17-8-4-6-15(12-17)22(27)24-16-7-5-9-18(13-16)29-14-21(26)25-20-11-3-2-10-19(20)23/h2-13H,14H2,1H3,(H,24,27)(H,25,26). The molecule has 3 rings (SSSR count). The Morgan fingerprint density at radius 2 is 1.76 bits per heavy atom. The molecule has 0 radical (unpaired) electrons. The van der Waals surface area contributed by atoms with E-state index in [0.717, 1.165) is 4.90 Å². The third kappa shape index (κ3) is 5.83. The molecule has 0 aliphatic heterocycles. The number of amides is 2. The van der Waals surface area contributed by atoms with Crippen LogP contribution in [0.4, 0.5) is 15.8 Å². The van der Waals surface area contributed by atoms with Crippen molar-refractivity contribution in [2.75, 3.05) is 23.5 Å². The molecule has 3 aromatic rings. The largest absolute Gasteiger partial charge is 0.497 e. The van der Waals surface area contributed by atoms with Crippen LogP contribution in [0.15, 0.2) is 77.7 Å². The normalized spacial score (nSPS) is 10.3. The zero-order valence-electron chi connectivity index (χ0n) is 15.6. The molecule has 0 saturated carbocycles. The third-order valence-corrected chi connectivity index (χ3v) is 4.94. The zero-order valence-corrected chi connectivity index (χ0v) is 16.5. The Kier molecular flexibility index (Phi) is 6.86. The SMILES string of the molecule is COc1cccc(C(=O)Nc2cccc(SCC(=O)Nc3ccccc3F)c2)c1. The van der Waals surface area contributed by atoms with E-state index in [0.29, 0.717) is 17.0 Å². The Labute approximate surface area is 172 Å². The molecule has 2 amide bonds. The van der Waals surface area contributed by atoms with Crippen LogP contribution in [-0.4, -0.2) is 24.7 Å². The number of thioether (sulfide) groups is 1. The highest BCUT2D eigenvalue weighted by Gasteiger charge is 2.10. The van der Waals surface area contributed by atoms with E-state index in [9.17, 15) is 14.0 Å². The van der Waals surface area contributed by atoms with Crippen molar-refractivity contribution in [3.63, 3.8) is 0 Å². The topological polar surface area (TPSA) is 67.4 Å². The monoisotopic (exact) mass is 410 g/mol. The molecule has 0 aliphatic rings. The third-order valence-electron chi connectivity index (χ3n) is 3.94. The van der Waals surface area contributed by atoms with Crippen LogP contribution < -0.4 is 15.4 Å². The van der Waals surface area contributed by atoms with Crippen molar-refractivity contribution in [1.29, 1.82) is 0 Å². The fraction of sp³-hybridized carbons (Fsp3) is 0.0909. The lowest BCUT2D eigenvalue weighted by Gasteiger charge is -2.09. The molecule has 0 bridgehead atoms. The molecule has 29 heavy (non-hydrogen) atoms. The molecule has 3 aromatic carbocycles.